The fraction of sp³-hybridized carbons (Fsp3) is 0.360. The van der Waals surface area contributed by atoms with Crippen LogP contribution in [-0.2, 0) is 6.61 Å². The van der Waals surface area contributed by atoms with Crippen molar-refractivity contribution in [3.05, 3.63) is 70.2 Å². The molecular weight excluding hydrogens is 450 g/mol. The number of hydrogen-bond acceptors (Lipinski definition) is 7. The maximum atomic E-state index is 12.6. The van der Waals surface area contributed by atoms with Gasteiger partial charge in [-0.25, -0.2) is 0 Å². The van der Waals surface area contributed by atoms with Gasteiger partial charge in [-0.1, -0.05) is 42.0 Å². The monoisotopic (exact) mass is 479 g/mol. The van der Waals surface area contributed by atoms with E-state index in [1.165, 1.54) is 30.6 Å². The summed E-state index contributed by atoms with van der Waals surface area (Å²) in [5.41, 5.74) is 1.04. The van der Waals surface area contributed by atoms with Crippen molar-refractivity contribution in [1.82, 2.24) is 20.4 Å². The molecule has 2 aromatic carbocycles. The number of benzene rings is 2. The molecule has 2 heterocycles. The molecule has 3 aromatic rings. The lowest BCUT2D eigenvalue weighted by Crippen LogP contribution is -2.33. The van der Waals surface area contributed by atoms with Gasteiger partial charge < -0.3 is 20.3 Å². The first-order valence-corrected chi connectivity index (χ1v) is 12.4. The van der Waals surface area contributed by atoms with Crippen molar-refractivity contribution in [1.29, 1.82) is 0 Å². The van der Waals surface area contributed by atoms with Crippen LogP contribution in [-0.4, -0.2) is 53.1 Å². The van der Waals surface area contributed by atoms with E-state index in [1.54, 1.807) is 24.3 Å². The zero-order valence-corrected chi connectivity index (χ0v) is 19.9. The molecule has 1 saturated heterocycles. The molecule has 0 unspecified atom stereocenters. The van der Waals surface area contributed by atoms with Crippen LogP contribution in [0.2, 0.25) is 0 Å². The molecule has 0 radical (unpaired) electrons. The Kier molecular flexibility index (Phi) is 8.59. The zero-order valence-electron chi connectivity index (χ0n) is 19.0. The van der Waals surface area contributed by atoms with E-state index in [0.717, 1.165) is 31.8 Å². The van der Waals surface area contributed by atoms with Crippen molar-refractivity contribution in [2.75, 3.05) is 31.5 Å². The molecule has 0 bridgehead atoms. The first-order chi connectivity index (χ1) is 16.7. The van der Waals surface area contributed by atoms with E-state index in [0.29, 0.717) is 22.8 Å². The highest BCUT2D eigenvalue weighted by Gasteiger charge is 2.15. The minimum absolute atomic E-state index is 0.147. The minimum atomic E-state index is -0.373. The van der Waals surface area contributed by atoms with Crippen LogP contribution in [0.1, 0.15) is 50.9 Å². The van der Waals surface area contributed by atoms with Crippen LogP contribution >= 0.6 is 11.3 Å². The van der Waals surface area contributed by atoms with E-state index < -0.39 is 0 Å². The number of rotatable bonds is 10. The van der Waals surface area contributed by atoms with E-state index in [1.807, 2.05) is 30.3 Å². The Morgan fingerprint density at radius 1 is 0.971 bits per heavy atom. The second-order valence-corrected chi connectivity index (χ2v) is 9.21. The Hall–Kier alpha value is -3.30. The number of anilines is 1. The van der Waals surface area contributed by atoms with Crippen molar-refractivity contribution < 1.29 is 14.3 Å². The highest BCUT2D eigenvalue weighted by Crippen LogP contribution is 2.17. The third-order valence-electron chi connectivity index (χ3n) is 5.53. The van der Waals surface area contributed by atoms with E-state index in [4.69, 9.17) is 4.74 Å². The predicted octanol–water partition coefficient (Wildman–Crippen LogP) is 3.98. The average Bonchev–Trinajstić information content (AvgIpc) is 3.36. The van der Waals surface area contributed by atoms with E-state index in [-0.39, 0.29) is 23.4 Å². The number of nitrogens with zero attached hydrogens (tertiary/aromatic N) is 3. The summed E-state index contributed by atoms with van der Waals surface area (Å²) in [7, 11) is 0. The van der Waals surface area contributed by atoms with Crippen LogP contribution in [0.3, 0.4) is 0 Å². The van der Waals surface area contributed by atoms with Crippen LogP contribution in [0.25, 0.3) is 0 Å². The molecule has 2 amide bonds. The molecule has 4 rings (SSSR count). The highest BCUT2D eigenvalue weighted by atomic mass is 32.1. The molecule has 0 saturated carbocycles. The van der Waals surface area contributed by atoms with Gasteiger partial charge in [0, 0.05) is 17.8 Å². The Labute approximate surface area is 203 Å². The number of carbonyl (C=O) groups excluding carboxylic acids is 2. The third kappa shape index (κ3) is 7.10. The maximum Gasteiger partial charge on any atom is 0.286 e. The zero-order chi connectivity index (χ0) is 23.6. The quantitative estimate of drug-likeness (QED) is 0.427. The molecule has 34 heavy (non-hydrogen) atoms. The number of carbonyl (C=O) groups is 2. The number of hydrogen-bond donors (Lipinski definition) is 2. The average molecular weight is 480 g/mol. The van der Waals surface area contributed by atoms with Crippen LogP contribution in [0, 0.1) is 0 Å². The van der Waals surface area contributed by atoms with Gasteiger partial charge in [0.1, 0.15) is 12.4 Å². The predicted molar refractivity (Wildman–Crippen MR) is 132 cm³/mol. The fourth-order valence-corrected chi connectivity index (χ4v) is 4.43. The summed E-state index contributed by atoms with van der Waals surface area (Å²) >= 11 is 1.17. The Bertz CT molecular complexity index is 1080. The van der Waals surface area contributed by atoms with Gasteiger partial charge in [-0.05, 0) is 69.2 Å². The van der Waals surface area contributed by atoms with E-state index in [9.17, 15) is 9.59 Å². The second-order valence-electron chi connectivity index (χ2n) is 8.15. The van der Waals surface area contributed by atoms with Crippen LogP contribution in [0.4, 0.5) is 5.69 Å². The van der Waals surface area contributed by atoms with Crippen LogP contribution in [0.15, 0.2) is 54.6 Å². The smallest absolute Gasteiger partial charge is 0.286 e. The first kappa shape index (κ1) is 23.8. The number of piperidine rings is 1. The van der Waals surface area contributed by atoms with Gasteiger partial charge in [0.2, 0.25) is 5.01 Å². The summed E-state index contributed by atoms with van der Waals surface area (Å²) in [5.74, 6) is 0.207. The van der Waals surface area contributed by atoms with Crippen molar-refractivity contribution >= 4 is 28.8 Å². The fourth-order valence-electron chi connectivity index (χ4n) is 3.78. The van der Waals surface area contributed by atoms with Crippen LogP contribution < -0.4 is 15.4 Å². The van der Waals surface area contributed by atoms with Crippen molar-refractivity contribution in [3.8, 4) is 5.75 Å². The summed E-state index contributed by atoms with van der Waals surface area (Å²) in [6, 6.07) is 16.3. The molecule has 1 aromatic heterocycles. The van der Waals surface area contributed by atoms with Crippen LogP contribution in [0.5, 0.6) is 5.75 Å². The largest absolute Gasteiger partial charge is 0.486 e. The van der Waals surface area contributed by atoms with Gasteiger partial charge >= 0.3 is 0 Å². The highest BCUT2D eigenvalue weighted by molar-refractivity contribution is 7.13. The van der Waals surface area contributed by atoms with E-state index in [2.05, 4.69) is 25.7 Å². The molecule has 1 fully saturated rings. The number of amides is 2. The summed E-state index contributed by atoms with van der Waals surface area (Å²) in [6.07, 6.45) is 4.79. The molecule has 0 spiro atoms. The molecule has 0 aliphatic carbocycles. The molecule has 2 N–H and O–H groups in total. The maximum absolute atomic E-state index is 12.6. The van der Waals surface area contributed by atoms with Crippen molar-refractivity contribution in [2.45, 2.75) is 32.3 Å². The molecule has 9 heteroatoms. The molecular formula is C25H29N5O3S. The number of para-hydroxylation sites is 1. The van der Waals surface area contributed by atoms with Gasteiger partial charge in [0.25, 0.3) is 11.8 Å². The lowest BCUT2D eigenvalue weighted by molar-refractivity contribution is 0.0949. The number of nitrogens with one attached hydrogen (secondary N) is 2. The second kappa shape index (κ2) is 12.2. The van der Waals surface area contributed by atoms with Crippen molar-refractivity contribution in [3.63, 3.8) is 0 Å². The number of likely N-dealkylation sites (tertiary alicyclic amines) is 1. The normalized spacial score (nSPS) is 13.9. The van der Waals surface area contributed by atoms with E-state index >= 15 is 0 Å². The summed E-state index contributed by atoms with van der Waals surface area (Å²) < 4.78 is 5.65. The minimum Gasteiger partial charge on any atom is -0.486 e. The van der Waals surface area contributed by atoms with Gasteiger partial charge in [-0.3, -0.25) is 9.59 Å². The van der Waals surface area contributed by atoms with Gasteiger partial charge in [-0.15, -0.1) is 10.2 Å². The lowest BCUT2D eigenvalue weighted by Gasteiger charge is -2.26. The van der Waals surface area contributed by atoms with Crippen molar-refractivity contribution in [2.24, 2.45) is 0 Å². The molecule has 178 valence electrons. The first-order valence-electron chi connectivity index (χ1n) is 11.6. The number of ether oxygens (including phenoxy) is 1. The summed E-state index contributed by atoms with van der Waals surface area (Å²) in [5, 5.41) is 14.6. The lowest BCUT2D eigenvalue weighted by atomic mass is 10.1. The summed E-state index contributed by atoms with van der Waals surface area (Å²) in [4.78, 5) is 27.6. The standard InChI is InChI=1S/C25H29N5O3S/c31-23(26-13-8-16-30-14-5-2-6-15-30)19-9-7-10-20(17-19)27-24(32)25-29-28-22(34-25)18-33-21-11-3-1-4-12-21/h1,3-4,7,9-12,17H,2,5-6,8,13-16,18H2,(H,26,31)(H,27,32). The Morgan fingerprint density at radius 2 is 1.79 bits per heavy atom. The molecule has 1 aliphatic heterocycles. The molecule has 0 atom stereocenters. The molecule has 1 aliphatic rings. The third-order valence-corrected chi connectivity index (χ3v) is 6.43. The topological polar surface area (TPSA) is 96.5 Å². The summed E-state index contributed by atoms with van der Waals surface area (Å²) in [6.45, 7) is 4.20. The SMILES string of the molecule is O=C(NCCCN1CCCCC1)c1cccc(NC(=O)c2nnc(COc3ccccc3)s2)c1. The molecule has 8 nitrogen and oxygen atoms in total. The Morgan fingerprint density at radius 3 is 2.62 bits per heavy atom. The van der Waals surface area contributed by atoms with Gasteiger partial charge in [-0.2, -0.15) is 0 Å². The van der Waals surface area contributed by atoms with Gasteiger partial charge in [0.15, 0.2) is 5.01 Å². The van der Waals surface area contributed by atoms with Gasteiger partial charge in [0.05, 0.1) is 0 Å². The number of aromatic nitrogens is 2. The Balaban J connectivity index is 1.24.